The second-order valence-electron chi connectivity index (χ2n) is 5.51. The normalized spacial score (nSPS) is 13.5. The molecule has 136 valence electrons. The number of pyridine rings is 1. The Balaban J connectivity index is 2.36. The highest BCUT2D eigenvalue weighted by molar-refractivity contribution is 7.91. The number of hydrogen-bond acceptors (Lipinski definition) is 7. The van der Waals surface area contributed by atoms with Gasteiger partial charge in [-0.2, -0.15) is 0 Å². The lowest BCUT2D eigenvalue weighted by Gasteiger charge is -2.16. The largest absolute Gasteiger partial charge is 0.495 e. The number of nitrogens with two attached hydrogens (primary N) is 1. The third kappa shape index (κ3) is 2.54. The first-order chi connectivity index (χ1) is 12.2. The topological polar surface area (TPSA) is 138 Å². The zero-order chi connectivity index (χ0) is 19.2. The van der Waals surface area contributed by atoms with Crippen LogP contribution in [0.2, 0.25) is 0 Å². The van der Waals surface area contributed by atoms with Crippen molar-refractivity contribution in [2.24, 2.45) is 0 Å². The lowest BCUT2D eigenvalue weighted by atomic mass is 10.1. The maximum absolute atomic E-state index is 12.5. The molecule has 3 rings (SSSR count). The van der Waals surface area contributed by atoms with Crippen LogP contribution < -0.4 is 21.3 Å². The van der Waals surface area contributed by atoms with Crippen LogP contribution in [0.15, 0.2) is 34.0 Å². The Labute approximate surface area is 148 Å². The van der Waals surface area contributed by atoms with Crippen molar-refractivity contribution >= 4 is 27.5 Å². The average Bonchev–Trinajstić information content (AvgIpc) is 2.88. The summed E-state index contributed by atoms with van der Waals surface area (Å²) in [5.74, 6) is -1.67. The zero-order valence-corrected chi connectivity index (χ0v) is 14.7. The summed E-state index contributed by atoms with van der Waals surface area (Å²) in [6.45, 7) is 1.49. The Morgan fingerprint density at radius 3 is 2.46 bits per heavy atom. The van der Waals surface area contributed by atoms with E-state index in [0.717, 1.165) is 10.6 Å². The van der Waals surface area contributed by atoms with Crippen molar-refractivity contribution < 1.29 is 22.7 Å². The van der Waals surface area contributed by atoms with Gasteiger partial charge in [0.1, 0.15) is 11.6 Å². The minimum atomic E-state index is -3.56. The molecule has 0 bridgehead atoms. The van der Waals surface area contributed by atoms with E-state index in [-0.39, 0.29) is 39.0 Å². The first-order valence-electron chi connectivity index (χ1n) is 7.53. The Kier molecular flexibility index (Phi) is 4.07. The van der Waals surface area contributed by atoms with Gasteiger partial charge >= 0.3 is 0 Å². The summed E-state index contributed by atoms with van der Waals surface area (Å²) in [6.07, 6.45) is 0. The molecule has 2 aromatic rings. The predicted octanol–water partition coefficient (Wildman–Crippen LogP) is 0.106. The molecule has 2 amide bonds. The van der Waals surface area contributed by atoms with Crippen molar-refractivity contribution in [3.05, 3.63) is 45.7 Å². The molecule has 10 heteroatoms. The number of methoxy groups -OCH3 is 1. The molecule has 0 spiro atoms. The number of imide groups is 1. The molecule has 1 aliphatic rings. The number of fused-ring (bicyclic) bond motifs is 1. The van der Waals surface area contributed by atoms with Crippen LogP contribution in [-0.2, 0) is 9.84 Å². The molecule has 0 radical (unpaired) electrons. The van der Waals surface area contributed by atoms with Gasteiger partial charge in [-0.3, -0.25) is 24.3 Å². The van der Waals surface area contributed by atoms with Crippen molar-refractivity contribution in [1.82, 2.24) is 9.88 Å². The Bertz CT molecular complexity index is 1120. The number of ether oxygens (including phenoxy) is 1. The summed E-state index contributed by atoms with van der Waals surface area (Å²) in [5.41, 5.74) is 5.08. The number of hydrogen-bond donors (Lipinski definition) is 2. The van der Waals surface area contributed by atoms with Crippen LogP contribution >= 0.6 is 0 Å². The number of anilines is 1. The number of nitrogens with one attached hydrogen (secondary N) is 1. The molecule has 0 unspecified atom stereocenters. The van der Waals surface area contributed by atoms with Gasteiger partial charge in [0.15, 0.2) is 9.84 Å². The van der Waals surface area contributed by atoms with Gasteiger partial charge in [0, 0.05) is 6.07 Å². The summed E-state index contributed by atoms with van der Waals surface area (Å²) in [6, 6.07) is 4.97. The number of carbonyl (C=O) groups excluding carboxylic acids is 2. The number of rotatable bonds is 4. The fourth-order valence-electron chi connectivity index (χ4n) is 2.73. The smallest absolute Gasteiger partial charge is 0.262 e. The van der Waals surface area contributed by atoms with Gasteiger partial charge in [-0.25, -0.2) is 8.42 Å². The predicted molar refractivity (Wildman–Crippen MR) is 92.5 cm³/mol. The van der Waals surface area contributed by atoms with Gasteiger partial charge in [-0.15, -0.1) is 0 Å². The number of sulfone groups is 1. The van der Waals surface area contributed by atoms with Gasteiger partial charge in [0.25, 0.3) is 17.4 Å². The van der Waals surface area contributed by atoms with E-state index < -0.39 is 27.2 Å². The number of carbonyl (C=O) groups is 2. The van der Waals surface area contributed by atoms with E-state index in [2.05, 4.69) is 5.32 Å². The Morgan fingerprint density at radius 1 is 1.15 bits per heavy atom. The number of amides is 2. The first kappa shape index (κ1) is 17.7. The van der Waals surface area contributed by atoms with E-state index in [1.165, 1.54) is 32.2 Å². The Hall–Kier alpha value is -3.14. The van der Waals surface area contributed by atoms with Crippen LogP contribution in [0.3, 0.4) is 0 Å². The van der Waals surface area contributed by atoms with Gasteiger partial charge < -0.3 is 10.5 Å². The highest BCUT2D eigenvalue weighted by atomic mass is 32.2. The van der Waals surface area contributed by atoms with E-state index in [1.54, 1.807) is 0 Å². The second kappa shape index (κ2) is 5.99. The molecular weight excluding hydrogens is 362 g/mol. The van der Waals surface area contributed by atoms with Crippen molar-refractivity contribution in [1.29, 1.82) is 0 Å². The highest BCUT2D eigenvalue weighted by Gasteiger charge is 2.32. The van der Waals surface area contributed by atoms with Gasteiger partial charge in [0.2, 0.25) is 0 Å². The lowest BCUT2D eigenvalue weighted by Crippen LogP contribution is -2.24. The molecule has 0 saturated carbocycles. The van der Waals surface area contributed by atoms with Crippen LogP contribution in [0, 0.1) is 0 Å². The van der Waals surface area contributed by atoms with Gasteiger partial charge in [0.05, 0.1) is 34.6 Å². The standard InChI is InChI=1S/C16H15N3O6S/c1-3-26(23,24)8-4-5-11(25-2)10(6-8)19-12(20)7-9-13(14(19)17)16(22)18-15(9)21/h4-7H,3,17H2,1-2H3,(H,18,21,22). The number of nitrogens with zero attached hydrogens (tertiary/aromatic N) is 1. The summed E-state index contributed by atoms with van der Waals surface area (Å²) in [5, 5.41) is 2.07. The van der Waals surface area contributed by atoms with E-state index in [1.807, 2.05) is 0 Å². The third-order valence-electron chi connectivity index (χ3n) is 4.08. The molecule has 2 heterocycles. The SMILES string of the molecule is CCS(=O)(=O)c1ccc(OC)c(-n2c(N)c3c(cc2=O)C(=O)NC3=O)c1. The number of benzene rings is 1. The van der Waals surface area contributed by atoms with Crippen LogP contribution in [0.5, 0.6) is 5.75 Å². The van der Waals surface area contributed by atoms with E-state index in [0.29, 0.717) is 0 Å². The zero-order valence-electron chi connectivity index (χ0n) is 13.9. The number of aromatic nitrogens is 1. The second-order valence-corrected chi connectivity index (χ2v) is 7.79. The van der Waals surface area contributed by atoms with Crippen molar-refractivity contribution in [2.45, 2.75) is 11.8 Å². The van der Waals surface area contributed by atoms with Crippen molar-refractivity contribution in [2.75, 3.05) is 18.6 Å². The summed E-state index contributed by atoms with van der Waals surface area (Å²) in [4.78, 5) is 36.2. The Morgan fingerprint density at radius 2 is 1.85 bits per heavy atom. The maximum Gasteiger partial charge on any atom is 0.262 e. The van der Waals surface area contributed by atoms with Crippen LogP contribution in [0.25, 0.3) is 5.69 Å². The van der Waals surface area contributed by atoms with E-state index in [9.17, 15) is 22.8 Å². The highest BCUT2D eigenvalue weighted by Crippen LogP contribution is 2.30. The fourth-order valence-corrected chi connectivity index (χ4v) is 3.63. The van der Waals surface area contributed by atoms with E-state index >= 15 is 0 Å². The molecule has 0 aliphatic carbocycles. The molecule has 0 saturated heterocycles. The molecule has 9 nitrogen and oxygen atoms in total. The number of nitrogen functional groups attached to an aromatic ring is 1. The molecule has 1 aromatic carbocycles. The molecule has 3 N–H and O–H groups in total. The molecule has 0 atom stereocenters. The van der Waals surface area contributed by atoms with Gasteiger partial charge in [-0.1, -0.05) is 6.92 Å². The lowest BCUT2D eigenvalue weighted by molar-refractivity contribution is 0.0880. The monoisotopic (exact) mass is 377 g/mol. The van der Waals surface area contributed by atoms with Crippen LogP contribution in [0.1, 0.15) is 27.6 Å². The summed E-state index contributed by atoms with van der Waals surface area (Å²) < 4.78 is 30.5. The molecule has 0 fully saturated rings. The average molecular weight is 377 g/mol. The first-order valence-corrected chi connectivity index (χ1v) is 9.19. The van der Waals surface area contributed by atoms with Crippen molar-refractivity contribution in [3.8, 4) is 11.4 Å². The molecular formula is C16H15N3O6S. The van der Waals surface area contributed by atoms with Crippen LogP contribution in [0.4, 0.5) is 5.82 Å². The minimum Gasteiger partial charge on any atom is -0.495 e. The van der Waals surface area contributed by atoms with E-state index in [4.69, 9.17) is 10.5 Å². The molecule has 1 aromatic heterocycles. The van der Waals surface area contributed by atoms with Gasteiger partial charge in [-0.05, 0) is 18.2 Å². The maximum atomic E-state index is 12.5. The minimum absolute atomic E-state index is 0.0249. The summed E-state index contributed by atoms with van der Waals surface area (Å²) in [7, 11) is -2.21. The summed E-state index contributed by atoms with van der Waals surface area (Å²) >= 11 is 0. The van der Waals surface area contributed by atoms with Crippen molar-refractivity contribution in [3.63, 3.8) is 0 Å². The quantitative estimate of drug-likeness (QED) is 0.721. The van der Waals surface area contributed by atoms with Crippen LogP contribution in [-0.4, -0.2) is 37.7 Å². The third-order valence-corrected chi connectivity index (χ3v) is 5.82. The fraction of sp³-hybridized carbons (Fsp3) is 0.188. The molecule has 26 heavy (non-hydrogen) atoms. The molecule has 1 aliphatic heterocycles.